The fourth-order valence-corrected chi connectivity index (χ4v) is 2.29. The first-order valence-corrected chi connectivity index (χ1v) is 7.37. The molecular formula is C15H9ClF6N2S. The highest BCUT2D eigenvalue weighted by molar-refractivity contribution is 7.80. The SMILES string of the molecule is FC(F)(F)c1cc(NC(=S)Nc2ccccc2Cl)cc(C(F)(F)F)c1. The lowest BCUT2D eigenvalue weighted by molar-refractivity contribution is -0.143. The third kappa shape index (κ3) is 5.23. The van der Waals surface area contributed by atoms with E-state index in [2.05, 4.69) is 10.6 Å². The summed E-state index contributed by atoms with van der Waals surface area (Å²) in [5.41, 5.74) is -2.98. The van der Waals surface area contributed by atoms with Crippen LogP contribution in [0.25, 0.3) is 0 Å². The summed E-state index contributed by atoms with van der Waals surface area (Å²) < 4.78 is 76.9. The second-order valence-electron chi connectivity index (χ2n) is 4.85. The number of para-hydroxylation sites is 1. The highest BCUT2D eigenvalue weighted by Gasteiger charge is 2.37. The standard InChI is InChI=1S/C15H9ClF6N2S/c16-11-3-1-2-4-12(11)24-13(25)23-10-6-8(14(17,18)19)5-9(7-10)15(20,21)22/h1-7H,(H2,23,24,25). The lowest BCUT2D eigenvalue weighted by Gasteiger charge is -2.16. The third-order valence-electron chi connectivity index (χ3n) is 2.97. The number of hydrogen-bond donors (Lipinski definition) is 2. The molecule has 0 heterocycles. The molecule has 2 N–H and O–H groups in total. The molecule has 0 radical (unpaired) electrons. The molecule has 0 aliphatic heterocycles. The molecule has 0 atom stereocenters. The minimum absolute atomic E-state index is 0.0374. The van der Waals surface area contributed by atoms with Crippen molar-refractivity contribution in [2.24, 2.45) is 0 Å². The molecule has 0 saturated carbocycles. The van der Waals surface area contributed by atoms with Crippen molar-refractivity contribution in [3.05, 3.63) is 58.6 Å². The third-order valence-corrected chi connectivity index (χ3v) is 3.50. The van der Waals surface area contributed by atoms with Gasteiger partial charge in [-0.1, -0.05) is 23.7 Å². The molecule has 2 aromatic carbocycles. The van der Waals surface area contributed by atoms with Gasteiger partial charge >= 0.3 is 12.4 Å². The first-order chi connectivity index (χ1) is 11.5. The van der Waals surface area contributed by atoms with Crippen LogP contribution >= 0.6 is 23.8 Å². The van der Waals surface area contributed by atoms with Crippen LogP contribution in [0.2, 0.25) is 5.02 Å². The molecule has 0 aromatic heterocycles. The summed E-state index contributed by atoms with van der Waals surface area (Å²) in [5.74, 6) is 0. The number of halogens is 7. The highest BCUT2D eigenvalue weighted by Crippen LogP contribution is 2.37. The summed E-state index contributed by atoms with van der Waals surface area (Å²) in [7, 11) is 0. The van der Waals surface area contributed by atoms with Gasteiger partial charge in [0, 0.05) is 5.69 Å². The van der Waals surface area contributed by atoms with Crippen molar-refractivity contribution in [3.8, 4) is 0 Å². The van der Waals surface area contributed by atoms with E-state index in [9.17, 15) is 26.3 Å². The van der Waals surface area contributed by atoms with E-state index in [1.54, 1.807) is 24.3 Å². The summed E-state index contributed by atoms with van der Waals surface area (Å²) in [6.45, 7) is 0. The van der Waals surface area contributed by atoms with E-state index in [4.69, 9.17) is 23.8 Å². The van der Waals surface area contributed by atoms with Crippen LogP contribution in [0.4, 0.5) is 37.7 Å². The number of thiocarbonyl (C=S) groups is 1. The molecule has 0 aliphatic carbocycles. The summed E-state index contributed by atoms with van der Waals surface area (Å²) in [4.78, 5) is 0. The van der Waals surface area contributed by atoms with E-state index >= 15 is 0 Å². The van der Waals surface area contributed by atoms with Crippen LogP contribution in [-0.4, -0.2) is 5.11 Å². The normalized spacial score (nSPS) is 12.0. The molecule has 2 nitrogen and oxygen atoms in total. The molecule has 25 heavy (non-hydrogen) atoms. The van der Waals surface area contributed by atoms with Gasteiger partial charge in [0.25, 0.3) is 0 Å². The van der Waals surface area contributed by atoms with Gasteiger partial charge in [-0.15, -0.1) is 0 Å². The number of benzene rings is 2. The Kier molecular flexibility index (Phi) is 5.48. The number of rotatable bonds is 2. The van der Waals surface area contributed by atoms with Crippen LogP contribution in [-0.2, 0) is 12.4 Å². The molecule has 134 valence electrons. The summed E-state index contributed by atoms with van der Waals surface area (Å²) in [6, 6.07) is 7.47. The predicted octanol–water partition coefficient (Wildman–Crippen LogP) is 6.19. The molecular weight excluding hydrogens is 390 g/mol. The van der Waals surface area contributed by atoms with Crippen LogP contribution in [0.1, 0.15) is 11.1 Å². The summed E-state index contributed by atoms with van der Waals surface area (Å²) in [5, 5.41) is 4.98. The lowest BCUT2D eigenvalue weighted by Crippen LogP contribution is -2.20. The molecule has 2 aromatic rings. The predicted molar refractivity (Wildman–Crippen MR) is 87.7 cm³/mol. The Morgan fingerprint density at radius 3 is 1.84 bits per heavy atom. The molecule has 0 aliphatic rings. The maximum Gasteiger partial charge on any atom is 0.416 e. The average Bonchev–Trinajstić information content (AvgIpc) is 2.47. The minimum Gasteiger partial charge on any atom is -0.332 e. The Labute approximate surface area is 148 Å². The lowest BCUT2D eigenvalue weighted by atomic mass is 10.1. The monoisotopic (exact) mass is 398 g/mol. The number of alkyl halides is 6. The van der Waals surface area contributed by atoms with Crippen LogP contribution in [0, 0.1) is 0 Å². The molecule has 0 bridgehead atoms. The highest BCUT2D eigenvalue weighted by atomic mass is 35.5. The van der Waals surface area contributed by atoms with Crippen LogP contribution in [0.15, 0.2) is 42.5 Å². The van der Waals surface area contributed by atoms with E-state index < -0.39 is 29.2 Å². The van der Waals surface area contributed by atoms with Crippen LogP contribution in [0.5, 0.6) is 0 Å². The van der Waals surface area contributed by atoms with Crippen molar-refractivity contribution in [1.82, 2.24) is 0 Å². The smallest absolute Gasteiger partial charge is 0.332 e. The zero-order valence-electron chi connectivity index (χ0n) is 12.1. The number of anilines is 2. The Hall–Kier alpha value is -2.00. The molecule has 0 saturated heterocycles. The maximum atomic E-state index is 12.8. The molecule has 0 unspecified atom stereocenters. The molecule has 0 amide bonds. The van der Waals surface area contributed by atoms with Crippen LogP contribution < -0.4 is 10.6 Å². The van der Waals surface area contributed by atoms with E-state index in [0.29, 0.717) is 17.8 Å². The fourth-order valence-electron chi connectivity index (χ4n) is 1.87. The fraction of sp³-hybridized carbons (Fsp3) is 0.133. The van der Waals surface area contributed by atoms with E-state index in [1.807, 2.05) is 0 Å². The second kappa shape index (κ2) is 7.09. The van der Waals surface area contributed by atoms with E-state index in [1.165, 1.54) is 0 Å². The summed E-state index contributed by atoms with van der Waals surface area (Å²) >= 11 is 10.8. The zero-order chi connectivity index (χ0) is 18.8. The van der Waals surface area contributed by atoms with Crippen molar-refractivity contribution in [2.45, 2.75) is 12.4 Å². The van der Waals surface area contributed by atoms with Crippen molar-refractivity contribution < 1.29 is 26.3 Å². The zero-order valence-corrected chi connectivity index (χ0v) is 13.7. The van der Waals surface area contributed by atoms with E-state index in [0.717, 1.165) is 0 Å². The van der Waals surface area contributed by atoms with Crippen molar-refractivity contribution in [2.75, 3.05) is 10.6 Å². The van der Waals surface area contributed by atoms with Crippen molar-refractivity contribution in [1.29, 1.82) is 0 Å². The van der Waals surface area contributed by atoms with Gasteiger partial charge in [0.05, 0.1) is 21.8 Å². The maximum absolute atomic E-state index is 12.8. The Morgan fingerprint density at radius 1 is 0.840 bits per heavy atom. The van der Waals surface area contributed by atoms with Gasteiger partial charge in [-0.25, -0.2) is 0 Å². The van der Waals surface area contributed by atoms with Gasteiger partial charge in [0.2, 0.25) is 0 Å². The number of nitrogens with one attached hydrogen (secondary N) is 2. The van der Waals surface area contributed by atoms with Crippen molar-refractivity contribution >= 4 is 40.3 Å². The van der Waals surface area contributed by atoms with Crippen LogP contribution in [0.3, 0.4) is 0 Å². The Bertz CT molecular complexity index is 756. The summed E-state index contributed by atoms with van der Waals surface area (Å²) in [6.07, 6.45) is -9.87. The molecule has 0 fully saturated rings. The van der Waals surface area contributed by atoms with Gasteiger partial charge in [0.1, 0.15) is 0 Å². The van der Waals surface area contributed by atoms with Gasteiger partial charge in [-0.3, -0.25) is 0 Å². The average molecular weight is 399 g/mol. The molecule has 10 heteroatoms. The minimum atomic E-state index is -4.94. The largest absolute Gasteiger partial charge is 0.416 e. The Morgan fingerprint density at radius 2 is 1.36 bits per heavy atom. The van der Waals surface area contributed by atoms with Gasteiger partial charge in [-0.05, 0) is 42.5 Å². The quantitative estimate of drug-likeness (QED) is 0.466. The second-order valence-corrected chi connectivity index (χ2v) is 5.67. The first kappa shape index (κ1) is 19.3. The molecule has 2 rings (SSSR count). The van der Waals surface area contributed by atoms with Crippen molar-refractivity contribution in [3.63, 3.8) is 0 Å². The van der Waals surface area contributed by atoms with Gasteiger partial charge < -0.3 is 10.6 Å². The first-order valence-electron chi connectivity index (χ1n) is 6.59. The van der Waals surface area contributed by atoms with E-state index in [-0.39, 0.29) is 16.2 Å². The van der Waals surface area contributed by atoms with Gasteiger partial charge in [-0.2, -0.15) is 26.3 Å². The molecule has 0 spiro atoms. The Balaban J connectivity index is 2.29. The number of hydrogen-bond acceptors (Lipinski definition) is 1. The topological polar surface area (TPSA) is 24.1 Å². The van der Waals surface area contributed by atoms with Gasteiger partial charge in [0.15, 0.2) is 5.11 Å².